The molecule has 2 aliphatic rings. The highest BCUT2D eigenvalue weighted by atomic mass is 28.4. The summed E-state index contributed by atoms with van der Waals surface area (Å²) in [6, 6.07) is -0.263. The van der Waals surface area contributed by atoms with Gasteiger partial charge in [-0.1, -0.05) is 20.8 Å². The van der Waals surface area contributed by atoms with Crippen LogP contribution in [0.25, 0.3) is 0 Å². The molecule has 0 saturated carbocycles. The van der Waals surface area contributed by atoms with Crippen molar-refractivity contribution in [3.63, 3.8) is 0 Å². The van der Waals surface area contributed by atoms with E-state index >= 15 is 0 Å². The predicted octanol–water partition coefficient (Wildman–Crippen LogP) is 3.33. The molecule has 4 N–H and O–H groups in total. The van der Waals surface area contributed by atoms with E-state index in [2.05, 4.69) is 44.2 Å². The van der Waals surface area contributed by atoms with Crippen LogP contribution in [0.15, 0.2) is 6.20 Å². The molecule has 0 spiro atoms. The van der Waals surface area contributed by atoms with E-state index in [1.165, 1.54) is 0 Å². The van der Waals surface area contributed by atoms with Crippen molar-refractivity contribution in [2.75, 3.05) is 18.9 Å². The zero-order valence-electron chi connectivity index (χ0n) is 19.4. The van der Waals surface area contributed by atoms with Crippen molar-refractivity contribution in [2.24, 2.45) is 0 Å². The maximum absolute atomic E-state index is 12.2. The summed E-state index contributed by atoms with van der Waals surface area (Å²) in [6.45, 7) is 17.6. The van der Waals surface area contributed by atoms with Crippen molar-refractivity contribution in [2.45, 2.75) is 89.8 Å². The van der Waals surface area contributed by atoms with Gasteiger partial charge in [0.25, 0.3) is 0 Å². The number of esters is 1. The molecule has 0 bridgehead atoms. The summed E-state index contributed by atoms with van der Waals surface area (Å²) in [7, 11) is -1.91. The number of carbonyl (C=O) groups excluding carboxylic acids is 1. The molecular weight excluding hydrogens is 402 g/mol. The number of H-pyrrole nitrogens is 1. The smallest absolute Gasteiger partial charge is 0.356 e. The Morgan fingerprint density at radius 1 is 1.27 bits per heavy atom. The van der Waals surface area contributed by atoms with E-state index in [0.717, 1.165) is 5.56 Å². The molecule has 170 valence electrons. The van der Waals surface area contributed by atoms with Crippen LogP contribution in [-0.4, -0.2) is 56.5 Å². The molecule has 30 heavy (non-hydrogen) atoms. The molecule has 9 heteroatoms. The third kappa shape index (κ3) is 4.31. The molecule has 0 amide bonds. The number of fused-ring (bicyclic) bond motifs is 1. The first-order chi connectivity index (χ1) is 13.8. The maximum atomic E-state index is 12.2. The van der Waals surface area contributed by atoms with Gasteiger partial charge in [-0.05, 0) is 38.9 Å². The van der Waals surface area contributed by atoms with Crippen LogP contribution in [0.3, 0.4) is 0 Å². The first-order valence-corrected chi connectivity index (χ1v) is 13.6. The molecule has 3 heterocycles. The average Bonchev–Trinajstić information content (AvgIpc) is 3.23. The fourth-order valence-electron chi connectivity index (χ4n) is 3.81. The molecule has 2 aliphatic heterocycles. The van der Waals surface area contributed by atoms with Crippen LogP contribution in [0.4, 0.5) is 5.69 Å². The van der Waals surface area contributed by atoms with Gasteiger partial charge >= 0.3 is 5.97 Å². The van der Waals surface area contributed by atoms with E-state index in [1.54, 1.807) is 13.1 Å². The Bertz CT molecular complexity index is 786. The molecule has 0 unspecified atom stereocenters. The number of rotatable bonds is 6. The van der Waals surface area contributed by atoms with Gasteiger partial charge in [0.1, 0.15) is 17.9 Å². The third-order valence-corrected chi connectivity index (χ3v) is 11.0. The molecular formula is C21H37N3O5Si. The second kappa shape index (κ2) is 7.94. The standard InChI is InChI=1S/C21H37N3O5Si/c1-9-26-19(25)16-14(22)12(10-23-16)15-18-17(28-21(5,6)29-18)13(24-15)11-27-30(7,8)20(2,3)4/h10,13,15,17-18,23-24H,9,11,22H2,1-8H3/t13-,15+,17-,18+/m1/s1. The highest BCUT2D eigenvalue weighted by Crippen LogP contribution is 2.44. The van der Waals surface area contributed by atoms with Crippen molar-refractivity contribution in [3.8, 4) is 0 Å². The Morgan fingerprint density at radius 3 is 2.50 bits per heavy atom. The van der Waals surface area contributed by atoms with E-state index in [0.29, 0.717) is 12.3 Å². The van der Waals surface area contributed by atoms with E-state index in [9.17, 15) is 4.79 Å². The van der Waals surface area contributed by atoms with Crippen LogP contribution in [0.5, 0.6) is 0 Å². The van der Waals surface area contributed by atoms with Crippen LogP contribution in [-0.2, 0) is 18.6 Å². The molecule has 0 radical (unpaired) electrons. The number of aromatic amines is 1. The SMILES string of the molecule is CCOC(=O)c1[nH]cc([C@@H]2N[C@H](CO[Si](C)(C)C(C)(C)C)[C@H]3OC(C)(C)O[C@H]32)c1N. The molecule has 1 aromatic rings. The Hall–Kier alpha value is -1.39. The van der Waals surface area contributed by atoms with Gasteiger partial charge in [0.2, 0.25) is 0 Å². The van der Waals surface area contributed by atoms with Gasteiger partial charge in [0.05, 0.1) is 31.0 Å². The molecule has 2 saturated heterocycles. The van der Waals surface area contributed by atoms with Gasteiger partial charge in [-0.2, -0.15) is 0 Å². The second-order valence-corrected chi connectivity index (χ2v) is 14.9. The van der Waals surface area contributed by atoms with Crippen molar-refractivity contribution in [1.82, 2.24) is 10.3 Å². The van der Waals surface area contributed by atoms with Crippen LogP contribution < -0.4 is 11.1 Å². The van der Waals surface area contributed by atoms with Crippen molar-refractivity contribution in [3.05, 3.63) is 17.5 Å². The summed E-state index contributed by atoms with van der Waals surface area (Å²) >= 11 is 0. The zero-order chi connectivity index (χ0) is 22.5. The summed E-state index contributed by atoms with van der Waals surface area (Å²) in [5.74, 6) is -1.16. The number of anilines is 1. The molecule has 2 fully saturated rings. The second-order valence-electron chi connectivity index (χ2n) is 10.1. The molecule has 0 aromatic carbocycles. The van der Waals surface area contributed by atoms with Gasteiger partial charge in [-0.25, -0.2) is 4.79 Å². The first kappa shape index (κ1) is 23.3. The van der Waals surface area contributed by atoms with Crippen LogP contribution in [0.1, 0.15) is 63.6 Å². The van der Waals surface area contributed by atoms with E-state index in [1.807, 2.05) is 13.8 Å². The summed E-state index contributed by atoms with van der Waals surface area (Å²) in [5.41, 5.74) is 7.75. The maximum Gasteiger partial charge on any atom is 0.356 e. The molecule has 1 aromatic heterocycles. The van der Waals surface area contributed by atoms with Crippen LogP contribution in [0, 0.1) is 0 Å². The lowest BCUT2D eigenvalue weighted by atomic mass is 10.0. The number of nitrogen functional groups attached to an aromatic ring is 1. The van der Waals surface area contributed by atoms with E-state index in [-0.39, 0.29) is 41.6 Å². The third-order valence-electron chi connectivity index (χ3n) is 6.48. The lowest BCUT2D eigenvalue weighted by Gasteiger charge is -2.37. The number of aromatic nitrogens is 1. The minimum Gasteiger partial charge on any atom is -0.461 e. The van der Waals surface area contributed by atoms with Crippen molar-refractivity contribution >= 4 is 20.0 Å². The van der Waals surface area contributed by atoms with Gasteiger partial charge in [-0.3, -0.25) is 0 Å². The van der Waals surface area contributed by atoms with Crippen molar-refractivity contribution < 1.29 is 23.4 Å². The highest BCUT2D eigenvalue weighted by molar-refractivity contribution is 6.74. The fraction of sp³-hybridized carbons (Fsp3) is 0.762. The minimum absolute atomic E-state index is 0.0451. The summed E-state index contributed by atoms with van der Waals surface area (Å²) < 4.78 is 24.0. The highest BCUT2D eigenvalue weighted by Gasteiger charge is 2.55. The summed E-state index contributed by atoms with van der Waals surface area (Å²) in [5, 5.41) is 3.71. The summed E-state index contributed by atoms with van der Waals surface area (Å²) in [6.07, 6.45) is 1.35. The van der Waals surface area contributed by atoms with Crippen LogP contribution >= 0.6 is 0 Å². The lowest BCUT2D eigenvalue weighted by Crippen LogP contribution is -2.47. The monoisotopic (exact) mass is 439 g/mol. The average molecular weight is 440 g/mol. The zero-order valence-corrected chi connectivity index (χ0v) is 20.4. The van der Waals surface area contributed by atoms with E-state index < -0.39 is 20.1 Å². The Balaban J connectivity index is 1.83. The van der Waals surface area contributed by atoms with Gasteiger partial charge in [0, 0.05) is 11.8 Å². The van der Waals surface area contributed by atoms with Gasteiger partial charge in [-0.15, -0.1) is 0 Å². The van der Waals surface area contributed by atoms with Crippen LogP contribution in [0.2, 0.25) is 18.1 Å². The van der Waals surface area contributed by atoms with Crippen molar-refractivity contribution in [1.29, 1.82) is 0 Å². The largest absolute Gasteiger partial charge is 0.461 e. The number of ether oxygens (including phenoxy) is 3. The quantitative estimate of drug-likeness (QED) is 0.461. The number of hydrogen-bond acceptors (Lipinski definition) is 7. The number of carbonyl (C=O) groups is 1. The number of nitrogens with one attached hydrogen (secondary N) is 2. The predicted molar refractivity (Wildman–Crippen MR) is 118 cm³/mol. The number of nitrogens with two attached hydrogens (primary N) is 1. The first-order valence-electron chi connectivity index (χ1n) is 10.7. The Morgan fingerprint density at radius 2 is 1.90 bits per heavy atom. The molecule has 4 atom stereocenters. The Kier molecular flexibility index (Phi) is 6.16. The molecule has 0 aliphatic carbocycles. The topological polar surface area (TPSA) is 108 Å². The lowest BCUT2D eigenvalue weighted by molar-refractivity contribution is -0.157. The summed E-state index contributed by atoms with van der Waals surface area (Å²) in [4.78, 5) is 15.1. The van der Waals surface area contributed by atoms with Gasteiger partial charge in [0.15, 0.2) is 14.1 Å². The van der Waals surface area contributed by atoms with Gasteiger partial charge < -0.3 is 34.7 Å². The Labute approximate surface area is 180 Å². The molecule has 8 nitrogen and oxygen atoms in total. The van der Waals surface area contributed by atoms with E-state index in [4.69, 9.17) is 24.4 Å². The fourth-order valence-corrected chi connectivity index (χ4v) is 4.84. The normalized spacial score (nSPS) is 28.5. The number of hydrogen-bond donors (Lipinski definition) is 3. The minimum atomic E-state index is -1.91. The molecule has 3 rings (SSSR count).